The van der Waals surface area contributed by atoms with Gasteiger partial charge in [0.2, 0.25) is 5.91 Å². The van der Waals surface area contributed by atoms with Crippen LogP contribution < -0.4 is 0 Å². The number of carbonyl (C=O) groups excluding carboxylic acids is 2. The van der Waals surface area contributed by atoms with Crippen LogP contribution in [0, 0.1) is 5.92 Å². The maximum Gasteiger partial charge on any atom is 0.309 e. The average molecular weight is 433 g/mol. The fourth-order valence-corrected chi connectivity index (χ4v) is 6.85. The molecule has 0 saturated carbocycles. The Labute approximate surface area is 169 Å². The molecule has 7 nitrogen and oxygen atoms in total. The molecule has 0 N–H and O–H groups in total. The smallest absolute Gasteiger partial charge is 0.309 e. The van der Waals surface area contributed by atoms with Crippen molar-refractivity contribution in [3.8, 4) is 0 Å². The first-order valence-electron chi connectivity index (χ1n) is 9.03. The number of rotatable bonds is 5. The molecule has 1 amide bonds. The Kier molecular flexibility index (Phi) is 6.50. The summed E-state index contributed by atoms with van der Waals surface area (Å²) in [5, 5.41) is 1.53. The number of hydrogen-bond donors (Lipinski definition) is 1. The van der Waals surface area contributed by atoms with Gasteiger partial charge in [0.05, 0.1) is 12.5 Å². The van der Waals surface area contributed by atoms with E-state index in [9.17, 15) is 18.0 Å². The van der Waals surface area contributed by atoms with Crippen LogP contribution in [-0.4, -0.2) is 67.0 Å². The predicted molar refractivity (Wildman–Crippen MR) is 105 cm³/mol. The fraction of sp³-hybridized carbons (Fsp3) is 0.647. The van der Waals surface area contributed by atoms with Gasteiger partial charge in [0.15, 0.2) is 0 Å². The summed E-state index contributed by atoms with van der Waals surface area (Å²) in [6.07, 6.45) is 1.48. The third-order valence-electron chi connectivity index (χ3n) is 5.00. The van der Waals surface area contributed by atoms with E-state index in [1.165, 1.54) is 4.31 Å². The molecule has 2 saturated heterocycles. The van der Waals surface area contributed by atoms with Crippen LogP contribution in [0.2, 0.25) is 0 Å². The van der Waals surface area contributed by atoms with Crippen molar-refractivity contribution in [3.05, 3.63) is 17.5 Å². The van der Waals surface area contributed by atoms with E-state index in [1.807, 2.05) is 0 Å². The minimum atomic E-state index is -3.71. The van der Waals surface area contributed by atoms with Gasteiger partial charge in [-0.05, 0) is 37.6 Å². The summed E-state index contributed by atoms with van der Waals surface area (Å²) in [4.78, 5) is 26.6. The Morgan fingerprint density at radius 1 is 1.33 bits per heavy atom. The van der Waals surface area contributed by atoms with E-state index in [0.29, 0.717) is 39.0 Å². The van der Waals surface area contributed by atoms with Crippen LogP contribution in [0.4, 0.5) is 0 Å². The number of sulfonamides is 1. The minimum Gasteiger partial charge on any atom is -0.466 e. The number of thiophene rings is 1. The molecule has 27 heavy (non-hydrogen) atoms. The van der Waals surface area contributed by atoms with Gasteiger partial charge in [0, 0.05) is 24.9 Å². The Bertz CT molecular complexity index is 772. The van der Waals surface area contributed by atoms with Crippen molar-refractivity contribution in [2.45, 2.75) is 41.7 Å². The van der Waals surface area contributed by atoms with E-state index >= 15 is 0 Å². The second-order valence-corrected chi connectivity index (χ2v) is 10.6. The second-order valence-electron chi connectivity index (χ2n) is 6.76. The van der Waals surface area contributed by atoms with Crippen molar-refractivity contribution < 1.29 is 22.7 Å². The lowest BCUT2D eigenvalue weighted by molar-refractivity contribution is -0.151. The van der Waals surface area contributed by atoms with Gasteiger partial charge in [-0.15, -0.1) is 11.3 Å². The summed E-state index contributed by atoms with van der Waals surface area (Å²) in [5.74, 6) is -0.613. The molecule has 2 fully saturated rings. The molecule has 2 aliphatic rings. The van der Waals surface area contributed by atoms with Crippen LogP contribution in [0.15, 0.2) is 21.7 Å². The fourth-order valence-electron chi connectivity index (χ4n) is 3.61. The van der Waals surface area contributed by atoms with Gasteiger partial charge in [-0.3, -0.25) is 9.59 Å². The summed E-state index contributed by atoms with van der Waals surface area (Å²) in [6.45, 7) is 3.21. The van der Waals surface area contributed by atoms with Crippen molar-refractivity contribution in [3.63, 3.8) is 0 Å². The lowest BCUT2D eigenvalue weighted by Crippen LogP contribution is -2.50. The molecular weight excluding hydrogens is 408 g/mol. The number of esters is 1. The number of carbonyl (C=O) groups is 2. The first-order chi connectivity index (χ1) is 12.8. The Hall–Kier alpha value is -1.10. The molecule has 0 bridgehead atoms. The monoisotopic (exact) mass is 432 g/mol. The summed E-state index contributed by atoms with van der Waals surface area (Å²) < 4.78 is 32.4. The Balaban J connectivity index is 1.69. The van der Waals surface area contributed by atoms with Crippen LogP contribution in [0.5, 0.6) is 0 Å². The molecule has 2 unspecified atom stereocenters. The van der Waals surface area contributed by atoms with E-state index in [4.69, 9.17) is 4.74 Å². The van der Waals surface area contributed by atoms with Gasteiger partial charge in [-0.1, -0.05) is 6.07 Å². The summed E-state index contributed by atoms with van der Waals surface area (Å²) in [7, 11) is -3.71. The van der Waals surface area contributed by atoms with Gasteiger partial charge in [0.25, 0.3) is 10.0 Å². The first kappa shape index (κ1) is 20.6. The highest BCUT2D eigenvalue weighted by molar-refractivity contribution is 7.91. The lowest BCUT2D eigenvalue weighted by Gasteiger charge is -2.34. The van der Waals surface area contributed by atoms with E-state index in [-0.39, 0.29) is 33.8 Å². The highest BCUT2D eigenvalue weighted by Crippen LogP contribution is 2.32. The molecule has 150 valence electrons. The molecule has 0 aliphatic carbocycles. The van der Waals surface area contributed by atoms with Gasteiger partial charge >= 0.3 is 5.97 Å². The molecule has 0 spiro atoms. The molecular formula is C17H24N2O5S3. The number of ether oxygens (including phenoxy) is 1. The third-order valence-corrected chi connectivity index (χ3v) is 8.63. The quantitative estimate of drug-likeness (QED) is 0.565. The van der Waals surface area contributed by atoms with Crippen molar-refractivity contribution in [1.29, 1.82) is 0 Å². The van der Waals surface area contributed by atoms with Crippen LogP contribution >= 0.6 is 24.0 Å². The molecule has 3 rings (SSSR count). The maximum atomic E-state index is 13.0. The first-order valence-corrected chi connectivity index (χ1v) is 11.9. The highest BCUT2D eigenvalue weighted by atomic mass is 32.2. The molecule has 0 radical (unpaired) electrons. The van der Waals surface area contributed by atoms with Crippen molar-refractivity contribution in [2.24, 2.45) is 5.92 Å². The molecule has 3 heterocycles. The van der Waals surface area contributed by atoms with Gasteiger partial charge in [0.1, 0.15) is 10.3 Å². The third kappa shape index (κ3) is 4.33. The van der Waals surface area contributed by atoms with Gasteiger partial charge < -0.3 is 9.64 Å². The van der Waals surface area contributed by atoms with Crippen LogP contribution in [0.1, 0.15) is 26.2 Å². The number of piperidine rings is 1. The lowest BCUT2D eigenvalue weighted by atomic mass is 9.96. The summed E-state index contributed by atoms with van der Waals surface area (Å²) in [5.41, 5.74) is 0. The predicted octanol–water partition coefficient (Wildman–Crippen LogP) is 1.61. The summed E-state index contributed by atoms with van der Waals surface area (Å²) in [6, 6.07) is 2.50. The molecule has 1 aromatic heterocycles. The van der Waals surface area contributed by atoms with Gasteiger partial charge in [-0.25, -0.2) is 8.42 Å². The number of amides is 1. The Morgan fingerprint density at radius 3 is 2.63 bits per heavy atom. The SMILES string of the molecule is CCOC(=O)C1CCN(C(=O)C2CC(S)CN2S(=O)(=O)c2cccs2)CC1. The van der Waals surface area contributed by atoms with E-state index in [2.05, 4.69) is 12.6 Å². The van der Waals surface area contributed by atoms with E-state index in [1.54, 1.807) is 29.3 Å². The Morgan fingerprint density at radius 2 is 2.04 bits per heavy atom. The zero-order chi connectivity index (χ0) is 19.6. The number of likely N-dealkylation sites (tertiary alicyclic amines) is 1. The van der Waals surface area contributed by atoms with Crippen molar-refractivity contribution in [1.82, 2.24) is 9.21 Å². The second kappa shape index (κ2) is 8.50. The number of nitrogens with zero attached hydrogens (tertiary/aromatic N) is 2. The largest absolute Gasteiger partial charge is 0.466 e. The van der Waals surface area contributed by atoms with Crippen LogP contribution in [0.25, 0.3) is 0 Å². The number of hydrogen-bond acceptors (Lipinski definition) is 7. The minimum absolute atomic E-state index is 0.175. The van der Waals surface area contributed by atoms with Crippen LogP contribution in [0.3, 0.4) is 0 Å². The molecule has 10 heteroatoms. The standard InChI is InChI=1S/C17H24N2O5S3/c1-2-24-17(21)12-5-7-18(8-6-12)16(20)14-10-13(25)11-19(14)27(22,23)15-4-3-9-26-15/h3-4,9,12-14,25H,2,5-8,10-11H2,1H3. The zero-order valence-electron chi connectivity index (χ0n) is 15.1. The van der Waals surface area contributed by atoms with Crippen LogP contribution in [-0.2, 0) is 24.3 Å². The van der Waals surface area contributed by atoms with Gasteiger partial charge in [-0.2, -0.15) is 16.9 Å². The van der Waals surface area contributed by atoms with E-state index in [0.717, 1.165) is 11.3 Å². The molecule has 2 atom stereocenters. The van der Waals surface area contributed by atoms with E-state index < -0.39 is 16.1 Å². The van der Waals surface area contributed by atoms with Crippen molar-refractivity contribution >= 4 is 45.9 Å². The molecule has 2 aliphatic heterocycles. The average Bonchev–Trinajstić information content (AvgIpc) is 3.32. The topological polar surface area (TPSA) is 84.0 Å². The zero-order valence-corrected chi connectivity index (χ0v) is 17.6. The highest BCUT2D eigenvalue weighted by Gasteiger charge is 2.45. The number of thiol groups is 1. The normalized spacial score (nSPS) is 24.9. The molecule has 0 aromatic carbocycles. The summed E-state index contributed by atoms with van der Waals surface area (Å²) >= 11 is 5.57. The molecule has 1 aromatic rings. The maximum absolute atomic E-state index is 13.0. The van der Waals surface area contributed by atoms with Crippen molar-refractivity contribution in [2.75, 3.05) is 26.2 Å².